The largest absolute Gasteiger partial charge is 0.497 e. The predicted octanol–water partition coefficient (Wildman–Crippen LogP) is 4.64. The van der Waals surface area contributed by atoms with Crippen LogP contribution in [0.3, 0.4) is 0 Å². The molecule has 0 saturated carbocycles. The number of benzene rings is 1. The number of halogens is 3. The van der Waals surface area contributed by atoms with E-state index in [9.17, 15) is 0 Å². The summed E-state index contributed by atoms with van der Waals surface area (Å²) in [4.78, 5) is 8.67. The number of rotatable bonds is 2. The molecule has 0 unspecified atom stereocenters. The summed E-state index contributed by atoms with van der Waals surface area (Å²) in [5.41, 5.74) is 1.63. The topological polar surface area (TPSA) is 35.0 Å². The third-order valence-corrected chi connectivity index (χ3v) is 4.53. The zero-order valence-corrected chi connectivity index (χ0v) is 13.6. The Balaban J connectivity index is 2.61. The summed E-state index contributed by atoms with van der Waals surface area (Å²) in [6.45, 7) is 1.87. The lowest BCUT2D eigenvalue weighted by molar-refractivity contribution is 0.415. The van der Waals surface area contributed by atoms with E-state index >= 15 is 0 Å². The van der Waals surface area contributed by atoms with Gasteiger partial charge < -0.3 is 4.74 Å². The van der Waals surface area contributed by atoms with Crippen molar-refractivity contribution in [2.24, 2.45) is 0 Å². The van der Waals surface area contributed by atoms with E-state index in [2.05, 4.69) is 41.8 Å². The summed E-state index contributed by atoms with van der Waals surface area (Å²) in [7, 11) is 1.62. The van der Waals surface area contributed by atoms with Crippen LogP contribution in [0.25, 0.3) is 11.4 Å². The van der Waals surface area contributed by atoms with Gasteiger partial charge in [-0.3, -0.25) is 0 Å². The highest BCUT2D eigenvalue weighted by Gasteiger charge is 2.12. The number of hydrogen-bond donors (Lipinski definition) is 0. The van der Waals surface area contributed by atoms with E-state index < -0.39 is 0 Å². The van der Waals surface area contributed by atoms with Crippen molar-refractivity contribution in [2.75, 3.05) is 7.11 Å². The molecule has 94 valence electrons. The van der Waals surface area contributed by atoms with Crippen LogP contribution in [0.15, 0.2) is 27.1 Å². The Morgan fingerprint density at radius 2 is 1.94 bits per heavy atom. The van der Waals surface area contributed by atoms with E-state index in [1.165, 1.54) is 0 Å². The van der Waals surface area contributed by atoms with Crippen LogP contribution in [0, 0.1) is 6.92 Å². The predicted molar refractivity (Wildman–Crippen MR) is 79.2 cm³/mol. The molecule has 0 bridgehead atoms. The normalized spacial score (nSPS) is 10.5. The first-order valence-electron chi connectivity index (χ1n) is 5.06. The first-order chi connectivity index (χ1) is 8.52. The van der Waals surface area contributed by atoms with E-state index in [-0.39, 0.29) is 0 Å². The summed E-state index contributed by atoms with van der Waals surface area (Å²) in [5.74, 6) is 1.31. The summed E-state index contributed by atoms with van der Waals surface area (Å²) in [6.07, 6.45) is 0. The minimum absolute atomic E-state index is 0.396. The Hall–Kier alpha value is -0.650. The zero-order valence-electron chi connectivity index (χ0n) is 9.67. The molecular weight excluding hydrogens is 383 g/mol. The van der Waals surface area contributed by atoms with Gasteiger partial charge in [-0.25, -0.2) is 9.97 Å². The average Bonchev–Trinajstić information content (AvgIpc) is 2.36. The maximum atomic E-state index is 6.05. The maximum Gasteiger partial charge on any atom is 0.162 e. The SMILES string of the molecule is COc1ccc(Br)c(-c2nc(C)c(Br)c(Cl)n2)c1. The molecule has 0 aliphatic heterocycles. The lowest BCUT2D eigenvalue weighted by Gasteiger charge is -2.08. The lowest BCUT2D eigenvalue weighted by atomic mass is 10.2. The maximum absolute atomic E-state index is 6.05. The van der Waals surface area contributed by atoms with Crippen LogP contribution in [-0.2, 0) is 0 Å². The van der Waals surface area contributed by atoms with Crippen LogP contribution in [0.1, 0.15) is 5.69 Å². The average molecular weight is 392 g/mol. The highest BCUT2D eigenvalue weighted by Crippen LogP contribution is 2.32. The van der Waals surface area contributed by atoms with E-state index in [0.717, 1.165) is 21.5 Å². The number of methoxy groups -OCH3 is 1. The van der Waals surface area contributed by atoms with Gasteiger partial charge in [-0.2, -0.15) is 0 Å². The molecule has 0 fully saturated rings. The molecule has 18 heavy (non-hydrogen) atoms. The van der Waals surface area contributed by atoms with Gasteiger partial charge in [-0.15, -0.1) is 0 Å². The van der Waals surface area contributed by atoms with Gasteiger partial charge in [0.25, 0.3) is 0 Å². The summed E-state index contributed by atoms with van der Waals surface area (Å²) in [5, 5.41) is 0.396. The summed E-state index contributed by atoms with van der Waals surface area (Å²) < 4.78 is 6.80. The minimum atomic E-state index is 0.396. The Bertz CT molecular complexity index is 582. The monoisotopic (exact) mass is 390 g/mol. The minimum Gasteiger partial charge on any atom is -0.497 e. The fourth-order valence-corrected chi connectivity index (χ4v) is 2.27. The number of hydrogen-bond acceptors (Lipinski definition) is 3. The second kappa shape index (κ2) is 5.55. The molecule has 6 heteroatoms. The molecule has 0 aliphatic rings. The highest BCUT2D eigenvalue weighted by molar-refractivity contribution is 9.11. The van der Waals surface area contributed by atoms with Gasteiger partial charge in [-0.1, -0.05) is 27.5 Å². The van der Waals surface area contributed by atoms with Gasteiger partial charge in [0, 0.05) is 10.0 Å². The Kier molecular flexibility index (Phi) is 4.25. The molecule has 2 aromatic rings. The van der Waals surface area contributed by atoms with Gasteiger partial charge in [0.05, 0.1) is 17.3 Å². The molecule has 0 aliphatic carbocycles. The number of aromatic nitrogens is 2. The molecule has 0 N–H and O–H groups in total. The van der Waals surface area contributed by atoms with Gasteiger partial charge in [0.15, 0.2) is 5.82 Å². The van der Waals surface area contributed by atoms with Crippen LogP contribution in [0.4, 0.5) is 0 Å². The van der Waals surface area contributed by atoms with Crippen LogP contribution in [-0.4, -0.2) is 17.1 Å². The zero-order chi connectivity index (χ0) is 13.3. The first kappa shape index (κ1) is 13.8. The Morgan fingerprint density at radius 1 is 1.22 bits per heavy atom. The van der Waals surface area contributed by atoms with Crippen molar-refractivity contribution in [3.05, 3.63) is 38.0 Å². The van der Waals surface area contributed by atoms with Crippen molar-refractivity contribution < 1.29 is 4.74 Å². The van der Waals surface area contributed by atoms with E-state index in [0.29, 0.717) is 15.5 Å². The van der Waals surface area contributed by atoms with Gasteiger partial charge in [0.1, 0.15) is 10.9 Å². The van der Waals surface area contributed by atoms with Crippen molar-refractivity contribution in [3.63, 3.8) is 0 Å². The van der Waals surface area contributed by atoms with Gasteiger partial charge in [-0.05, 0) is 41.1 Å². The van der Waals surface area contributed by atoms with Gasteiger partial charge >= 0.3 is 0 Å². The Labute approximate surface area is 127 Å². The summed E-state index contributed by atoms with van der Waals surface area (Å²) >= 11 is 12.9. The quantitative estimate of drug-likeness (QED) is 0.699. The van der Waals surface area contributed by atoms with E-state index in [4.69, 9.17) is 16.3 Å². The molecule has 0 atom stereocenters. The molecule has 0 spiro atoms. The van der Waals surface area contributed by atoms with Crippen molar-refractivity contribution in [2.45, 2.75) is 6.92 Å². The third kappa shape index (κ3) is 2.68. The molecule has 1 heterocycles. The van der Waals surface area contributed by atoms with Gasteiger partial charge in [0.2, 0.25) is 0 Å². The van der Waals surface area contributed by atoms with Crippen molar-refractivity contribution in [3.8, 4) is 17.1 Å². The van der Waals surface area contributed by atoms with Crippen LogP contribution in [0.2, 0.25) is 5.15 Å². The molecule has 1 aromatic heterocycles. The fraction of sp³-hybridized carbons (Fsp3) is 0.167. The Morgan fingerprint density at radius 3 is 2.56 bits per heavy atom. The molecule has 0 saturated heterocycles. The van der Waals surface area contributed by atoms with Crippen molar-refractivity contribution in [1.29, 1.82) is 0 Å². The second-order valence-electron chi connectivity index (χ2n) is 3.58. The van der Waals surface area contributed by atoms with Crippen LogP contribution < -0.4 is 4.74 Å². The molecule has 3 nitrogen and oxygen atoms in total. The molecular formula is C12H9Br2ClN2O. The molecule has 2 rings (SSSR count). The van der Waals surface area contributed by atoms with Crippen LogP contribution in [0.5, 0.6) is 5.75 Å². The number of aryl methyl sites for hydroxylation is 1. The highest BCUT2D eigenvalue weighted by atomic mass is 79.9. The molecule has 0 amide bonds. The molecule has 0 radical (unpaired) electrons. The lowest BCUT2D eigenvalue weighted by Crippen LogP contribution is -1.95. The van der Waals surface area contributed by atoms with Crippen LogP contribution >= 0.6 is 43.5 Å². The smallest absolute Gasteiger partial charge is 0.162 e. The van der Waals surface area contributed by atoms with Crippen molar-refractivity contribution in [1.82, 2.24) is 9.97 Å². The first-order valence-corrected chi connectivity index (χ1v) is 7.03. The van der Waals surface area contributed by atoms with E-state index in [1.807, 2.05) is 25.1 Å². The standard InChI is InChI=1S/C12H9Br2ClN2O/c1-6-10(14)11(15)17-12(16-6)8-5-7(18-2)3-4-9(8)13/h3-5H,1-2H3. The second-order valence-corrected chi connectivity index (χ2v) is 5.59. The summed E-state index contributed by atoms with van der Waals surface area (Å²) in [6, 6.07) is 5.62. The number of nitrogens with zero attached hydrogens (tertiary/aromatic N) is 2. The number of ether oxygens (including phenoxy) is 1. The molecule has 1 aromatic carbocycles. The third-order valence-electron chi connectivity index (χ3n) is 2.39. The van der Waals surface area contributed by atoms with E-state index in [1.54, 1.807) is 7.11 Å². The van der Waals surface area contributed by atoms with Crippen molar-refractivity contribution >= 4 is 43.5 Å². The fourth-order valence-electron chi connectivity index (χ4n) is 1.45.